The minimum absolute atomic E-state index is 0.330. The summed E-state index contributed by atoms with van der Waals surface area (Å²) in [4.78, 5) is 56.2. The number of carbonyl (C=O) groups is 5. The van der Waals surface area contributed by atoms with Gasteiger partial charge < -0.3 is 34.2 Å². The summed E-state index contributed by atoms with van der Waals surface area (Å²) >= 11 is 6.46. The maximum Gasteiger partial charge on any atom is 0.519 e. The van der Waals surface area contributed by atoms with E-state index in [-0.39, 0.29) is 0 Å². The van der Waals surface area contributed by atoms with Gasteiger partial charge in [-0.15, -0.1) is 0 Å². The van der Waals surface area contributed by atoms with Gasteiger partial charge in [-0.05, 0) is 131 Å². The zero-order valence-corrected chi connectivity index (χ0v) is 31.0. The predicted octanol–water partition coefficient (Wildman–Crippen LogP) is 8.27. The Balaban J connectivity index is 0.000000679. The highest BCUT2D eigenvalue weighted by molar-refractivity contribution is 9.10. The maximum absolute atomic E-state index is 11.6. The molecule has 2 aromatic rings. The molecule has 1 amide bonds. The van der Waals surface area contributed by atoms with Crippen molar-refractivity contribution in [2.75, 3.05) is 25.3 Å². The number of ether oxygens (including phenoxy) is 6. The number of hydrogen-bond donors (Lipinski definition) is 2. The molecule has 46 heavy (non-hydrogen) atoms. The van der Waals surface area contributed by atoms with Gasteiger partial charge in [-0.3, -0.25) is 5.32 Å². The standard InChI is InChI=1S/C13H16BrNO4.C10H18O5.C8H8BrNO2/c1-13(2,3)19-12(17)15-8-5-6-10(14)9(7-8)11(16)18-4;1-9(2,3)14-7(11)13-8(12)15-10(4,5)6;1-12-8(11)6-4-5(10)2-3-7(6)9/h5-7H,1-4H3,(H,15,17);1-6H3;2-4H,10H2,1H3. The lowest BCUT2D eigenvalue weighted by Gasteiger charge is -2.20. The normalized spacial score (nSPS) is 10.8. The first kappa shape index (κ1) is 42.1. The Morgan fingerprint density at radius 2 is 1.02 bits per heavy atom. The molecule has 256 valence electrons. The van der Waals surface area contributed by atoms with E-state index in [1.54, 1.807) is 92.6 Å². The van der Waals surface area contributed by atoms with Crippen LogP contribution in [0.5, 0.6) is 0 Å². The number of benzene rings is 2. The fourth-order valence-corrected chi connectivity index (χ4v) is 3.53. The van der Waals surface area contributed by atoms with Gasteiger partial charge in [0.2, 0.25) is 0 Å². The summed E-state index contributed by atoms with van der Waals surface area (Å²) in [5.74, 6) is -0.881. The number of methoxy groups -OCH3 is 2. The van der Waals surface area contributed by atoms with Crippen LogP contribution in [-0.2, 0) is 28.4 Å². The van der Waals surface area contributed by atoms with Crippen molar-refractivity contribution in [3.8, 4) is 0 Å². The van der Waals surface area contributed by atoms with Crippen molar-refractivity contribution in [2.24, 2.45) is 0 Å². The Morgan fingerprint density at radius 1 is 0.630 bits per heavy atom. The molecule has 2 rings (SSSR count). The third-order valence-electron chi connectivity index (χ3n) is 4.36. The minimum Gasteiger partial charge on any atom is -0.465 e. The van der Waals surface area contributed by atoms with Crippen LogP contribution >= 0.6 is 31.9 Å². The van der Waals surface area contributed by atoms with Crippen LogP contribution in [0, 0.1) is 0 Å². The lowest BCUT2D eigenvalue weighted by atomic mass is 10.2. The molecule has 0 bridgehead atoms. The number of hydrogen-bond acceptors (Lipinski definition) is 12. The fraction of sp³-hybridized carbons (Fsp3) is 0.452. The average molecular weight is 778 g/mol. The van der Waals surface area contributed by atoms with Gasteiger partial charge in [0.15, 0.2) is 0 Å². The molecule has 3 N–H and O–H groups in total. The molecule has 15 heteroatoms. The van der Waals surface area contributed by atoms with Crippen LogP contribution in [0.1, 0.15) is 83.0 Å². The molecule has 0 radical (unpaired) electrons. The second-order valence-corrected chi connectivity index (χ2v) is 13.8. The number of nitrogens with two attached hydrogens (primary N) is 1. The zero-order valence-electron chi connectivity index (χ0n) is 27.8. The highest BCUT2D eigenvalue weighted by Crippen LogP contribution is 2.23. The first-order valence-corrected chi connectivity index (χ1v) is 15.1. The van der Waals surface area contributed by atoms with E-state index in [1.807, 2.05) is 0 Å². The largest absolute Gasteiger partial charge is 0.519 e. The van der Waals surface area contributed by atoms with Crippen LogP contribution in [0.2, 0.25) is 0 Å². The molecular formula is C31H42Br2N2O11. The summed E-state index contributed by atoms with van der Waals surface area (Å²) in [5, 5.41) is 2.56. The van der Waals surface area contributed by atoms with E-state index in [1.165, 1.54) is 20.3 Å². The quantitative estimate of drug-likeness (QED) is 0.132. The smallest absolute Gasteiger partial charge is 0.465 e. The highest BCUT2D eigenvalue weighted by Gasteiger charge is 2.24. The molecule has 0 aliphatic rings. The monoisotopic (exact) mass is 776 g/mol. The Morgan fingerprint density at radius 3 is 1.41 bits per heavy atom. The molecule has 0 aromatic heterocycles. The van der Waals surface area contributed by atoms with Gasteiger partial charge in [-0.1, -0.05) is 0 Å². The Bertz CT molecular complexity index is 1350. The van der Waals surface area contributed by atoms with E-state index in [9.17, 15) is 24.0 Å². The number of amides is 1. The van der Waals surface area contributed by atoms with E-state index in [2.05, 4.69) is 51.4 Å². The van der Waals surface area contributed by atoms with Crippen LogP contribution in [0.15, 0.2) is 45.3 Å². The molecule has 13 nitrogen and oxygen atoms in total. The summed E-state index contributed by atoms with van der Waals surface area (Å²) in [5.41, 5.74) is 5.29. The van der Waals surface area contributed by atoms with Gasteiger partial charge in [0, 0.05) is 20.3 Å². The van der Waals surface area contributed by atoms with Gasteiger partial charge in [-0.25, -0.2) is 24.0 Å². The van der Waals surface area contributed by atoms with E-state index < -0.39 is 47.1 Å². The van der Waals surface area contributed by atoms with Crippen molar-refractivity contribution in [1.82, 2.24) is 0 Å². The number of anilines is 2. The van der Waals surface area contributed by atoms with Crippen LogP contribution < -0.4 is 11.1 Å². The molecule has 0 aliphatic carbocycles. The van der Waals surface area contributed by atoms with E-state index >= 15 is 0 Å². The molecule has 0 atom stereocenters. The van der Waals surface area contributed by atoms with Gasteiger partial charge in [0.05, 0.1) is 25.3 Å². The molecule has 0 unspecified atom stereocenters. The Labute approximate surface area is 286 Å². The summed E-state index contributed by atoms with van der Waals surface area (Å²) in [7, 11) is 2.63. The third-order valence-corrected chi connectivity index (χ3v) is 5.74. The topological polar surface area (TPSA) is 179 Å². The lowest BCUT2D eigenvalue weighted by Crippen LogP contribution is -2.29. The van der Waals surface area contributed by atoms with Crippen molar-refractivity contribution in [3.05, 3.63) is 56.5 Å². The van der Waals surface area contributed by atoms with Gasteiger partial charge in [0.25, 0.3) is 0 Å². The zero-order chi connectivity index (χ0) is 36.0. The van der Waals surface area contributed by atoms with E-state index in [0.717, 1.165) is 0 Å². The summed E-state index contributed by atoms with van der Waals surface area (Å²) in [6.45, 7) is 15.3. The van der Waals surface area contributed by atoms with E-state index in [4.69, 9.17) is 19.9 Å². The SMILES string of the molecule is CC(C)(C)OC(=O)OC(=O)OC(C)(C)C.COC(=O)c1cc(N)ccc1Br.COC(=O)c1cc(NC(=O)OC(C)(C)C)ccc1Br. The molecule has 0 heterocycles. The summed E-state index contributed by atoms with van der Waals surface area (Å²) in [6, 6.07) is 9.80. The fourth-order valence-electron chi connectivity index (χ4n) is 2.71. The maximum atomic E-state index is 11.6. The molecule has 0 spiro atoms. The second kappa shape index (κ2) is 18.3. The van der Waals surface area contributed by atoms with Crippen molar-refractivity contribution in [1.29, 1.82) is 0 Å². The first-order chi connectivity index (χ1) is 20.9. The van der Waals surface area contributed by atoms with Crippen molar-refractivity contribution in [3.63, 3.8) is 0 Å². The highest BCUT2D eigenvalue weighted by atomic mass is 79.9. The number of nitrogens with one attached hydrogen (secondary N) is 1. The van der Waals surface area contributed by atoms with Crippen molar-refractivity contribution < 1.29 is 52.4 Å². The van der Waals surface area contributed by atoms with Crippen LogP contribution in [-0.4, -0.2) is 61.4 Å². The van der Waals surface area contributed by atoms with E-state index in [0.29, 0.717) is 31.4 Å². The molecule has 2 aromatic carbocycles. The van der Waals surface area contributed by atoms with Crippen molar-refractivity contribution in [2.45, 2.75) is 79.1 Å². The molecule has 0 fully saturated rings. The van der Waals surface area contributed by atoms with Crippen molar-refractivity contribution >= 4 is 73.6 Å². The molecule has 0 saturated carbocycles. The molecule has 0 saturated heterocycles. The van der Waals surface area contributed by atoms with Crippen LogP contribution in [0.3, 0.4) is 0 Å². The van der Waals surface area contributed by atoms with Gasteiger partial charge in [0.1, 0.15) is 16.8 Å². The molecular weight excluding hydrogens is 736 g/mol. The number of esters is 2. The lowest BCUT2D eigenvalue weighted by molar-refractivity contribution is -0.0294. The van der Waals surface area contributed by atoms with Crippen LogP contribution in [0.25, 0.3) is 0 Å². The predicted molar refractivity (Wildman–Crippen MR) is 179 cm³/mol. The Kier molecular flexibility index (Phi) is 16.8. The van der Waals surface area contributed by atoms with Gasteiger partial charge >= 0.3 is 30.3 Å². The molecule has 0 aliphatic heterocycles. The van der Waals surface area contributed by atoms with Crippen LogP contribution in [0.4, 0.5) is 25.8 Å². The number of halogens is 2. The third kappa shape index (κ3) is 18.8. The Hall–Kier alpha value is -3.85. The second-order valence-electron chi connectivity index (χ2n) is 12.1. The summed E-state index contributed by atoms with van der Waals surface area (Å²) in [6.07, 6.45) is -2.70. The first-order valence-electron chi connectivity index (χ1n) is 13.5. The number of nitrogen functional groups attached to an aromatic ring is 1. The minimum atomic E-state index is -1.06. The van der Waals surface area contributed by atoms with Gasteiger partial charge in [-0.2, -0.15) is 0 Å². The number of rotatable bonds is 3. The number of carbonyl (C=O) groups excluding carboxylic acids is 5. The average Bonchev–Trinajstić information content (AvgIpc) is 2.87. The summed E-state index contributed by atoms with van der Waals surface area (Å²) < 4.78 is 29.4.